The minimum atomic E-state index is -0.379. The summed E-state index contributed by atoms with van der Waals surface area (Å²) in [6.07, 6.45) is 6.31. The van der Waals surface area contributed by atoms with E-state index in [9.17, 15) is 14.4 Å². The molecule has 28 heavy (non-hydrogen) atoms. The van der Waals surface area contributed by atoms with Crippen LogP contribution in [-0.4, -0.2) is 83.0 Å². The van der Waals surface area contributed by atoms with Crippen molar-refractivity contribution in [3.63, 3.8) is 0 Å². The third-order valence-corrected chi connectivity index (χ3v) is 6.75. The fourth-order valence-electron chi connectivity index (χ4n) is 5.08. The summed E-state index contributed by atoms with van der Waals surface area (Å²) in [5.74, 6) is 1.87. The molecule has 1 N–H and O–H groups in total. The maximum Gasteiger partial charge on any atom is 0.264 e. The Morgan fingerprint density at radius 1 is 1.21 bits per heavy atom. The van der Waals surface area contributed by atoms with Crippen molar-refractivity contribution < 1.29 is 9.59 Å². The molecular formula is C20H29N5O3. The van der Waals surface area contributed by atoms with E-state index < -0.39 is 0 Å². The average molecular weight is 387 g/mol. The highest BCUT2D eigenvalue weighted by molar-refractivity contribution is 5.93. The van der Waals surface area contributed by atoms with E-state index in [0.29, 0.717) is 23.9 Å². The van der Waals surface area contributed by atoms with Crippen LogP contribution in [0.3, 0.4) is 0 Å². The first-order chi connectivity index (χ1) is 13.5. The van der Waals surface area contributed by atoms with Gasteiger partial charge in [-0.15, -0.1) is 0 Å². The molecule has 4 rings (SSSR count). The zero-order chi connectivity index (χ0) is 19.7. The van der Waals surface area contributed by atoms with Crippen LogP contribution in [0.25, 0.3) is 0 Å². The minimum Gasteiger partial charge on any atom is -0.340 e. The molecule has 3 unspecified atom stereocenters. The number of carbonyl (C=O) groups excluding carboxylic acids is 2. The SMILES string of the molecule is CN(CCN1CCN(C(=O)C2CC3CCC2C3)CC1)C(=O)c1cn[nH]c(=O)c1. The molecule has 2 aliphatic carbocycles. The normalized spacial score (nSPS) is 27.2. The highest BCUT2D eigenvalue weighted by Crippen LogP contribution is 2.48. The lowest BCUT2D eigenvalue weighted by Gasteiger charge is -2.37. The molecule has 152 valence electrons. The molecule has 3 atom stereocenters. The van der Waals surface area contributed by atoms with E-state index in [0.717, 1.165) is 45.1 Å². The third-order valence-electron chi connectivity index (χ3n) is 6.75. The summed E-state index contributed by atoms with van der Waals surface area (Å²) >= 11 is 0. The predicted molar refractivity (Wildman–Crippen MR) is 104 cm³/mol. The Bertz CT molecular complexity index is 786. The number of aromatic nitrogens is 2. The lowest BCUT2D eigenvalue weighted by Crippen LogP contribution is -2.52. The summed E-state index contributed by atoms with van der Waals surface area (Å²) in [6, 6.07) is 1.27. The van der Waals surface area contributed by atoms with Gasteiger partial charge in [0.2, 0.25) is 5.91 Å². The van der Waals surface area contributed by atoms with Gasteiger partial charge in [0.05, 0.1) is 11.8 Å². The molecule has 3 aliphatic rings. The number of nitrogens with zero attached hydrogens (tertiary/aromatic N) is 4. The fourth-order valence-corrected chi connectivity index (χ4v) is 5.08. The number of amides is 2. The van der Waals surface area contributed by atoms with Crippen molar-refractivity contribution in [2.24, 2.45) is 17.8 Å². The Hall–Kier alpha value is -2.22. The van der Waals surface area contributed by atoms with Crippen molar-refractivity contribution in [3.05, 3.63) is 28.2 Å². The molecule has 1 aromatic heterocycles. The monoisotopic (exact) mass is 387 g/mol. The van der Waals surface area contributed by atoms with Crippen molar-refractivity contribution in [3.8, 4) is 0 Å². The number of aromatic amines is 1. The van der Waals surface area contributed by atoms with Crippen molar-refractivity contribution in [1.29, 1.82) is 0 Å². The Balaban J connectivity index is 1.22. The van der Waals surface area contributed by atoms with Crippen LogP contribution >= 0.6 is 0 Å². The van der Waals surface area contributed by atoms with Crippen LogP contribution in [0.4, 0.5) is 0 Å². The molecule has 2 saturated carbocycles. The van der Waals surface area contributed by atoms with Gasteiger partial charge in [-0.1, -0.05) is 6.42 Å². The number of hydrogen-bond donors (Lipinski definition) is 1. The van der Waals surface area contributed by atoms with Gasteiger partial charge >= 0.3 is 0 Å². The molecule has 2 bridgehead atoms. The van der Waals surface area contributed by atoms with Gasteiger partial charge in [0.15, 0.2) is 0 Å². The molecule has 2 amide bonds. The third kappa shape index (κ3) is 3.97. The number of carbonyl (C=O) groups is 2. The first-order valence-electron chi connectivity index (χ1n) is 10.3. The smallest absolute Gasteiger partial charge is 0.264 e. The van der Waals surface area contributed by atoms with Crippen LogP contribution in [0, 0.1) is 17.8 Å². The van der Waals surface area contributed by atoms with Gasteiger partial charge in [-0.3, -0.25) is 19.3 Å². The summed E-state index contributed by atoms with van der Waals surface area (Å²) < 4.78 is 0. The topological polar surface area (TPSA) is 89.6 Å². The summed E-state index contributed by atoms with van der Waals surface area (Å²) in [6.45, 7) is 4.59. The van der Waals surface area contributed by atoms with Crippen LogP contribution < -0.4 is 5.56 Å². The first-order valence-corrected chi connectivity index (χ1v) is 10.3. The predicted octanol–water partition coefficient (Wildman–Crippen LogP) is 0.422. The van der Waals surface area contributed by atoms with Gasteiger partial charge in [-0.2, -0.15) is 5.10 Å². The van der Waals surface area contributed by atoms with Crippen LogP contribution in [0.2, 0.25) is 0 Å². The Morgan fingerprint density at radius 2 is 2.00 bits per heavy atom. The van der Waals surface area contributed by atoms with Crippen LogP contribution in [0.15, 0.2) is 17.1 Å². The van der Waals surface area contributed by atoms with Crippen LogP contribution in [0.5, 0.6) is 0 Å². The molecule has 3 fully saturated rings. The molecule has 0 aromatic carbocycles. The second-order valence-corrected chi connectivity index (χ2v) is 8.51. The lowest BCUT2D eigenvalue weighted by atomic mass is 9.87. The first kappa shape index (κ1) is 19.1. The Kier molecular flexibility index (Phi) is 5.48. The van der Waals surface area contributed by atoms with Gasteiger partial charge in [-0.25, -0.2) is 5.10 Å². The van der Waals surface area contributed by atoms with Gasteiger partial charge in [0.1, 0.15) is 0 Å². The standard InChI is InChI=1S/C20H29N5O3/c1-23(19(27)16-12-18(26)22-21-13-16)4-5-24-6-8-25(9-7-24)20(28)17-11-14-2-3-15(17)10-14/h12-15,17H,2-11H2,1H3,(H,22,26). The zero-order valence-corrected chi connectivity index (χ0v) is 16.5. The van der Waals surface area contributed by atoms with Gasteiger partial charge in [0, 0.05) is 58.3 Å². The van der Waals surface area contributed by atoms with Gasteiger partial charge in [0.25, 0.3) is 11.5 Å². The molecule has 0 spiro atoms. The Morgan fingerprint density at radius 3 is 2.64 bits per heavy atom. The molecule has 1 saturated heterocycles. The second kappa shape index (κ2) is 8.03. The molecule has 1 aliphatic heterocycles. The van der Waals surface area contributed by atoms with E-state index in [1.807, 2.05) is 0 Å². The number of H-pyrrole nitrogens is 1. The van der Waals surface area contributed by atoms with E-state index in [4.69, 9.17) is 0 Å². The van der Waals surface area contributed by atoms with Crippen molar-refractivity contribution in [2.75, 3.05) is 46.3 Å². The lowest BCUT2D eigenvalue weighted by molar-refractivity contribution is -0.139. The van der Waals surface area contributed by atoms with Crippen molar-refractivity contribution in [1.82, 2.24) is 24.9 Å². The number of hydrogen-bond acceptors (Lipinski definition) is 5. The Labute approximate surface area is 164 Å². The highest BCUT2D eigenvalue weighted by atomic mass is 16.2. The maximum absolute atomic E-state index is 12.9. The molecular weight excluding hydrogens is 358 g/mol. The molecule has 8 heteroatoms. The largest absolute Gasteiger partial charge is 0.340 e. The van der Waals surface area contributed by atoms with E-state index in [1.165, 1.54) is 31.5 Å². The highest BCUT2D eigenvalue weighted by Gasteiger charge is 2.44. The summed E-state index contributed by atoms with van der Waals surface area (Å²) in [5.41, 5.74) is -0.0805. The quantitative estimate of drug-likeness (QED) is 0.791. The number of nitrogens with one attached hydrogen (secondary N) is 1. The van der Waals surface area contributed by atoms with E-state index in [2.05, 4.69) is 20.0 Å². The summed E-state index contributed by atoms with van der Waals surface area (Å²) in [7, 11) is 1.73. The minimum absolute atomic E-state index is 0.205. The van der Waals surface area contributed by atoms with Gasteiger partial charge in [-0.05, 0) is 31.1 Å². The molecule has 2 heterocycles. The van der Waals surface area contributed by atoms with Gasteiger partial charge < -0.3 is 9.80 Å². The van der Waals surface area contributed by atoms with Crippen molar-refractivity contribution in [2.45, 2.75) is 25.7 Å². The molecule has 0 radical (unpaired) electrons. The maximum atomic E-state index is 12.9. The zero-order valence-electron chi connectivity index (χ0n) is 16.5. The fraction of sp³-hybridized carbons (Fsp3) is 0.700. The van der Waals surface area contributed by atoms with Crippen LogP contribution in [-0.2, 0) is 4.79 Å². The molecule has 8 nitrogen and oxygen atoms in total. The second-order valence-electron chi connectivity index (χ2n) is 8.51. The average Bonchev–Trinajstić information content (AvgIpc) is 3.35. The number of fused-ring (bicyclic) bond motifs is 2. The van der Waals surface area contributed by atoms with E-state index in [1.54, 1.807) is 11.9 Å². The van der Waals surface area contributed by atoms with E-state index >= 15 is 0 Å². The number of rotatable bonds is 5. The van der Waals surface area contributed by atoms with Crippen LogP contribution in [0.1, 0.15) is 36.0 Å². The number of likely N-dealkylation sites (N-methyl/N-ethyl adjacent to an activating group) is 1. The number of piperazine rings is 1. The van der Waals surface area contributed by atoms with Crippen molar-refractivity contribution >= 4 is 11.8 Å². The summed E-state index contributed by atoms with van der Waals surface area (Å²) in [4.78, 5) is 42.5. The summed E-state index contributed by atoms with van der Waals surface area (Å²) in [5, 5.41) is 5.95. The van der Waals surface area contributed by atoms with E-state index in [-0.39, 0.29) is 17.4 Å². The molecule has 1 aromatic rings.